The van der Waals surface area contributed by atoms with Gasteiger partial charge in [-0.25, -0.2) is 0 Å². The Morgan fingerprint density at radius 3 is 2.38 bits per heavy atom. The maximum atomic E-state index is 11.0. The number of nitro groups is 1. The Morgan fingerprint density at radius 1 is 1.10 bits per heavy atom. The molecule has 2 aromatic carbocycles. The molecule has 5 nitrogen and oxygen atoms in total. The van der Waals surface area contributed by atoms with Gasteiger partial charge in [0, 0.05) is 24.2 Å². The van der Waals surface area contributed by atoms with Crippen molar-refractivity contribution in [1.82, 2.24) is 5.32 Å². The summed E-state index contributed by atoms with van der Waals surface area (Å²) in [6, 6.07) is 14.3. The van der Waals surface area contributed by atoms with Crippen molar-refractivity contribution in [3.8, 4) is 11.5 Å². The summed E-state index contributed by atoms with van der Waals surface area (Å²) in [7, 11) is 0. The number of para-hydroxylation sites is 3. The third-order valence-corrected chi connectivity index (χ3v) is 2.96. The molecule has 0 aromatic heterocycles. The van der Waals surface area contributed by atoms with Crippen LogP contribution in [0.1, 0.15) is 19.4 Å². The molecule has 0 unspecified atom stereocenters. The average Bonchev–Trinajstić information content (AvgIpc) is 2.46. The largest absolute Gasteiger partial charge is 0.450 e. The fourth-order valence-corrected chi connectivity index (χ4v) is 1.88. The van der Waals surface area contributed by atoms with E-state index in [-0.39, 0.29) is 11.4 Å². The minimum absolute atomic E-state index is 0.0379. The third kappa shape index (κ3) is 4.03. The number of benzene rings is 2. The lowest BCUT2D eigenvalue weighted by atomic mass is 10.2. The lowest BCUT2D eigenvalue weighted by Gasteiger charge is -2.13. The molecule has 0 spiro atoms. The van der Waals surface area contributed by atoms with Crippen LogP contribution in [-0.4, -0.2) is 11.0 Å². The first-order valence-electron chi connectivity index (χ1n) is 6.80. The summed E-state index contributed by atoms with van der Waals surface area (Å²) in [6.07, 6.45) is 0. The van der Waals surface area contributed by atoms with Gasteiger partial charge < -0.3 is 10.1 Å². The molecule has 110 valence electrons. The standard InChI is InChI=1S/C16H18N2O3/c1-12(2)17-11-13-7-3-5-9-15(13)21-16-10-6-4-8-14(16)18(19)20/h3-10,12,17H,11H2,1-2H3. The van der Waals surface area contributed by atoms with Gasteiger partial charge in [0.15, 0.2) is 0 Å². The summed E-state index contributed by atoms with van der Waals surface area (Å²) in [5.41, 5.74) is 0.925. The first-order valence-corrected chi connectivity index (χ1v) is 6.80. The van der Waals surface area contributed by atoms with Gasteiger partial charge in [-0.3, -0.25) is 10.1 Å². The van der Waals surface area contributed by atoms with E-state index >= 15 is 0 Å². The molecule has 21 heavy (non-hydrogen) atoms. The highest BCUT2D eigenvalue weighted by atomic mass is 16.6. The van der Waals surface area contributed by atoms with E-state index in [1.54, 1.807) is 18.2 Å². The molecule has 0 aliphatic carbocycles. The van der Waals surface area contributed by atoms with Crippen molar-refractivity contribution >= 4 is 5.69 Å². The van der Waals surface area contributed by atoms with Crippen molar-refractivity contribution in [2.45, 2.75) is 26.4 Å². The second-order valence-corrected chi connectivity index (χ2v) is 4.97. The van der Waals surface area contributed by atoms with Crippen LogP contribution < -0.4 is 10.1 Å². The fraction of sp³-hybridized carbons (Fsp3) is 0.250. The van der Waals surface area contributed by atoms with Crippen LogP contribution in [0.4, 0.5) is 5.69 Å². The topological polar surface area (TPSA) is 64.4 Å². The summed E-state index contributed by atoms with van der Waals surface area (Å²) in [5.74, 6) is 0.874. The number of rotatable bonds is 6. The minimum atomic E-state index is -0.440. The van der Waals surface area contributed by atoms with E-state index in [0.29, 0.717) is 18.3 Å². The molecule has 1 N–H and O–H groups in total. The molecule has 0 radical (unpaired) electrons. The highest BCUT2D eigenvalue weighted by Crippen LogP contribution is 2.32. The van der Waals surface area contributed by atoms with Crippen LogP contribution in [0.15, 0.2) is 48.5 Å². The molecule has 0 saturated carbocycles. The Balaban J connectivity index is 2.26. The van der Waals surface area contributed by atoms with Crippen LogP contribution in [0.25, 0.3) is 0 Å². The van der Waals surface area contributed by atoms with Crippen molar-refractivity contribution in [1.29, 1.82) is 0 Å². The molecule has 0 atom stereocenters. The zero-order valence-corrected chi connectivity index (χ0v) is 12.1. The molecule has 2 rings (SSSR count). The first-order chi connectivity index (χ1) is 10.1. The Morgan fingerprint density at radius 2 is 1.71 bits per heavy atom. The number of hydrogen-bond acceptors (Lipinski definition) is 4. The molecule has 5 heteroatoms. The molecular weight excluding hydrogens is 268 g/mol. The molecule has 2 aromatic rings. The first kappa shape index (κ1) is 15.0. The van der Waals surface area contributed by atoms with Crippen molar-refractivity contribution in [2.24, 2.45) is 0 Å². The lowest BCUT2D eigenvalue weighted by molar-refractivity contribution is -0.385. The van der Waals surface area contributed by atoms with E-state index in [0.717, 1.165) is 5.56 Å². The monoisotopic (exact) mass is 286 g/mol. The zero-order chi connectivity index (χ0) is 15.2. The third-order valence-electron chi connectivity index (χ3n) is 2.96. The Bertz CT molecular complexity index is 626. The molecule has 0 bridgehead atoms. The predicted octanol–water partition coefficient (Wildman–Crippen LogP) is 3.89. The van der Waals surface area contributed by atoms with E-state index in [9.17, 15) is 10.1 Å². The smallest absolute Gasteiger partial charge is 0.311 e. The number of hydrogen-bond donors (Lipinski definition) is 1. The van der Waals surface area contributed by atoms with Gasteiger partial charge in [-0.1, -0.05) is 44.2 Å². The van der Waals surface area contributed by atoms with Crippen LogP contribution in [0.2, 0.25) is 0 Å². The van der Waals surface area contributed by atoms with Crippen LogP contribution in [0, 0.1) is 10.1 Å². The van der Waals surface area contributed by atoms with Gasteiger partial charge in [-0.05, 0) is 12.1 Å². The van der Waals surface area contributed by atoms with Crippen LogP contribution in [-0.2, 0) is 6.54 Å². The maximum Gasteiger partial charge on any atom is 0.311 e. The van der Waals surface area contributed by atoms with Gasteiger partial charge >= 0.3 is 5.69 Å². The summed E-state index contributed by atoms with van der Waals surface area (Å²) < 4.78 is 5.75. The summed E-state index contributed by atoms with van der Waals surface area (Å²) in [4.78, 5) is 10.6. The van der Waals surface area contributed by atoms with E-state index < -0.39 is 4.92 Å². The number of ether oxygens (including phenoxy) is 1. The fourth-order valence-electron chi connectivity index (χ4n) is 1.88. The van der Waals surface area contributed by atoms with Crippen LogP contribution in [0.3, 0.4) is 0 Å². The molecular formula is C16H18N2O3. The molecule has 0 aliphatic heterocycles. The van der Waals surface area contributed by atoms with Gasteiger partial charge in [0.25, 0.3) is 0 Å². The van der Waals surface area contributed by atoms with Gasteiger partial charge in [0.2, 0.25) is 5.75 Å². The maximum absolute atomic E-state index is 11.0. The van der Waals surface area contributed by atoms with Crippen LogP contribution in [0.5, 0.6) is 11.5 Å². The predicted molar refractivity (Wildman–Crippen MR) is 81.6 cm³/mol. The summed E-state index contributed by atoms with van der Waals surface area (Å²) in [6.45, 7) is 4.77. The van der Waals surface area contributed by atoms with Crippen molar-refractivity contribution in [3.05, 3.63) is 64.2 Å². The summed E-state index contributed by atoms with van der Waals surface area (Å²) >= 11 is 0. The quantitative estimate of drug-likeness (QED) is 0.646. The Hall–Kier alpha value is -2.40. The van der Waals surface area contributed by atoms with Crippen LogP contribution >= 0.6 is 0 Å². The highest BCUT2D eigenvalue weighted by molar-refractivity contribution is 5.49. The van der Waals surface area contributed by atoms with Gasteiger partial charge in [-0.15, -0.1) is 0 Å². The molecule has 0 aliphatic rings. The van der Waals surface area contributed by atoms with Crippen molar-refractivity contribution in [3.63, 3.8) is 0 Å². The molecule has 0 saturated heterocycles. The van der Waals surface area contributed by atoms with Gasteiger partial charge in [0.05, 0.1) is 4.92 Å². The number of nitrogens with zero attached hydrogens (tertiary/aromatic N) is 1. The number of nitrogens with one attached hydrogen (secondary N) is 1. The van der Waals surface area contributed by atoms with E-state index in [1.807, 2.05) is 24.3 Å². The van der Waals surface area contributed by atoms with E-state index in [1.165, 1.54) is 6.07 Å². The minimum Gasteiger partial charge on any atom is -0.450 e. The second-order valence-electron chi connectivity index (χ2n) is 4.97. The van der Waals surface area contributed by atoms with E-state index in [4.69, 9.17) is 4.74 Å². The van der Waals surface area contributed by atoms with E-state index in [2.05, 4.69) is 19.2 Å². The Kier molecular flexibility index (Phi) is 4.90. The van der Waals surface area contributed by atoms with Gasteiger partial charge in [0.1, 0.15) is 5.75 Å². The zero-order valence-electron chi connectivity index (χ0n) is 12.1. The highest BCUT2D eigenvalue weighted by Gasteiger charge is 2.15. The van der Waals surface area contributed by atoms with Gasteiger partial charge in [-0.2, -0.15) is 0 Å². The molecule has 0 amide bonds. The van der Waals surface area contributed by atoms with Crippen molar-refractivity contribution < 1.29 is 9.66 Å². The second kappa shape index (κ2) is 6.85. The number of nitro benzene ring substituents is 1. The average molecular weight is 286 g/mol. The summed E-state index contributed by atoms with van der Waals surface area (Å²) in [5, 5.41) is 14.3. The molecule has 0 fully saturated rings. The lowest BCUT2D eigenvalue weighted by Crippen LogP contribution is -2.22. The molecule has 0 heterocycles. The Labute approximate surface area is 123 Å². The normalized spacial score (nSPS) is 10.6. The van der Waals surface area contributed by atoms with Crippen molar-refractivity contribution in [2.75, 3.05) is 0 Å². The SMILES string of the molecule is CC(C)NCc1ccccc1Oc1ccccc1[N+](=O)[O-].